The Labute approximate surface area is 331 Å². The van der Waals surface area contributed by atoms with Gasteiger partial charge >= 0.3 is 0 Å². The summed E-state index contributed by atoms with van der Waals surface area (Å²) in [5.74, 6) is -0.0341. The van der Waals surface area contributed by atoms with Gasteiger partial charge in [-0.2, -0.15) is 0 Å². The summed E-state index contributed by atoms with van der Waals surface area (Å²) >= 11 is 0. The Bertz CT molecular complexity index is 2500. The van der Waals surface area contributed by atoms with Crippen LogP contribution in [0.5, 0.6) is 0 Å². The van der Waals surface area contributed by atoms with E-state index in [1.54, 1.807) is 18.5 Å². The van der Waals surface area contributed by atoms with Crippen molar-refractivity contribution in [3.05, 3.63) is 218 Å². The van der Waals surface area contributed by atoms with Crippen molar-refractivity contribution in [1.82, 2.24) is 4.98 Å². The maximum Gasteiger partial charge on any atom is 0.0346 e. The monoisotopic (exact) mass is 726 g/mol. The van der Waals surface area contributed by atoms with Crippen LogP contribution in [0.15, 0.2) is 201 Å². The lowest BCUT2D eigenvalue weighted by molar-refractivity contribution is 0.851. The topological polar surface area (TPSA) is 77.3 Å². The van der Waals surface area contributed by atoms with Crippen molar-refractivity contribution in [2.75, 3.05) is 6.54 Å². The molecule has 1 aromatic heterocycles. The highest BCUT2D eigenvalue weighted by Crippen LogP contribution is 2.36. The van der Waals surface area contributed by atoms with E-state index in [-0.39, 0.29) is 5.92 Å². The van der Waals surface area contributed by atoms with Crippen molar-refractivity contribution in [3.8, 4) is 44.5 Å². The van der Waals surface area contributed by atoms with E-state index in [4.69, 9.17) is 11.5 Å². The van der Waals surface area contributed by atoms with Gasteiger partial charge in [-0.3, -0.25) is 9.98 Å². The van der Waals surface area contributed by atoms with Crippen LogP contribution in [-0.2, 0) is 0 Å². The molecule has 1 atom stereocenters. The zero-order valence-electron chi connectivity index (χ0n) is 31.6. The molecule has 0 saturated carbocycles. The highest BCUT2D eigenvalue weighted by Gasteiger charge is 2.15. The number of nitrogens with zero attached hydrogens (tertiary/aromatic N) is 2. The third-order valence-corrected chi connectivity index (χ3v) is 10.2. The van der Waals surface area contributed by atoms with E-state index in [0.29, 0.717) is 6.54 Å². The molecule has 5 aromatic carbocycles. The molecule has 56 heavy (non-hydrogen) atoms. The predicted molar refractivity (Wildman–Crippen MR) is 240 cm³/mol. The van der Waals surface area contributed by atoms with Gasteiger partial charge < -0.3 is 11.5 Å². The number of nitrogens with two attached hydrogens (primary N) is 2. The van der Waals surface area contributed by atoms with E-state index in [2.05, 4.69) is 151 Å². The van der Waals surface area contributed by atoms with Crippen LogP contribution in [0.25, 0.3) is 61.2 Å². The fourth-order valence-electron chi connectivity index (χ4n) is 7.20. The van der Waals surface area contributed by atoms with Gasteiger partial charge in [0.2, 0.25) is 0 Å². The van der Waals surface area contributed by atoms with Gasteiger partial charge in [-0.25, -0.2) is 0 Å². The smallest absolute Gasteiger partial charge is 0.0346 e. The van der Waals surface area contributed by atoms with E-state index in [1.807, 2.05) is 42.9 Å². The van der Waals surface area contributed by atoms with Crippen LogP contribution in [0.3, 0.4) is 0 Å². The molecule has 4 nitrogen and oxygen atoms in total. The molecule has 0 bridgehead atoms. The van der Waals surface area contributed by atoms with Crippen molar-refractivity contribution in [3.63, 3.8) is 0 Å². The average Bonchev–Trinajstić information content (AvgIpc) is 3.28. The number of allylic oxidation sites excluding steroid dienone is 7. The first-order valence-electron chi connectivity index (χ1n) is 19.0. The minimum Gasteiger partial charge on any atom is -0.404 e. The molecule has 1 aliphatic heterocycles. The fraction of sp³-hybridized carbons (Fsp3) is 0.0769. The Hall–Kier alpha value is -6.88. The molecule has 274 valence electrons. The summed E-state index contributed by atoms with van der Waals surface area (Å²) in [7, 11) is 0. The predicted octanol–water partition coefficient (Wildman–Crippen LogP) is 12.3. The molecule has 0 spiro atoms. The van der Waals surface area contributed by atoms with Crippen molar-refractivity contribution in [2.24, 2.45) is 16.5 Å². The number of aliphatic imine (C=N–C) groups is 1. The van der Waals surface area contributed by atoms with E-state index in [1.165, 1.54) is 22.3 Å². The number of benzene rings is 5. The summed E-state index contributed by atoms with van der Waals surface area (Å²) in [6.07, 6.45) is 21.0. The summed E-state index contributed by atoms with van der Waals surface area (Å²) in [6.45, 7) is 8.52. The molecule has 4 heteroatoms. The molecule has 1 unspecified atom stereocenters. The quantitative estimate of drug-likeness (QED) is 0.116. The van der Waals surface area contributed by atoms with E-state index in [0.717, 1.165) is 74.1 Å². The normalized spacial score (nSPS) is 13.7. The van der Waals surface area contributed by atoms with Crippen LogP contribution in [0, 0.1) is 0 Å². The second kappa shape index (κ2) is 18.0. The van der Waals surface area contributed by atoms with Gasteiger partial charge in [0, 0.05) is 49.0 Å². The molecule has 4 N–H and O–H groups in total. The van der Waals surface area contributed by atoms with Crippen LogP contribution in [0.2, 0.25) is 0 Å². The SMILES string of the molecule is C=C/C=C\C(=C/N)c1cc(-c2cccnc2)cc(-c2cccc(/C(C=C)=C/C(CN)c3cccc(-c4cc(C5=CN=CCC5)cc(-c5ccccc5)c4)c3)c2)c1. The van der Waals surface area contributed by atoms with E-state index < -0.39 is 0 Å². The molecule has 0 aliphatic carbocycles. The van der Waals surface area contributed by atoms with E-state index >= 15 is 0 Å². The molecule has 0 fully saturated rings. The first-order chi connectivity index (χ1) is 27.6. The average molecular weight is 727 g/mol. The number of aromatic nitrogens is 1. The van der Waals surface area contributed by atoms with Crippen LogP contribution in [0.1, 0.15) is 41.0 Å². The Morgan fingerprint density at radius 1 is 0.661 bits per heavy atom. The molecule has 6 aromatic rings. The number of hydrogen-bond donors (Lipinski definition) is 2. The summed E-state index contributed by atoms with van der Waals surface area (Å²) in [5, 5.41) is 0. The Morgan fingerprint density at radius 2 is 1.32 bits per heavy atom. The lowest BCUT2D eigenvalue weighted by Crippen LogP contribution is -2.11. The minimum atomic E-state index is -0.0341. The summed E-state index contributed by atoms with van der Waals surface area (Å²) in [4.78, 5) is 8.86. The van der Waals surface area contributed by atoms with Gasteiger partial charge in [0.25, 0.3) is 0 Å². The van der Waals surface area contributed by atoms with Crippen molar-refractivity contribution in [2.45, 2.75) is 18.8 Å². The van der Waals surface area contributed by atoms with Gasteiger partial charge in [-0.05, 0) is 139 Å². The van der Waals surface area contributed by atoms with Crippen LogP contribution >= 0.6 is 0 Å². The van der Waals surface area contributed by atoms with Crippen LogP contribution < -0.4 is 11.5 Å². The van der Waals surface area contributed by atoms with Gasteiger partial charge in [0.15, 0.2) is 0 Å². The largest absolute Gasteiger partial charge is 0.404 e. The zero-order valence-corrected chi connectivity index (χ0v) is 31.6. The first-order valence-corrected chi connectivity index (χ1v) is 19.0. The van der Waals surface area contributed by atoms with Crippen molar-refractivity contribution >= 4 is 22.9 Å². The minimum absolute atomic E-state index is 0.0341. The molecular formula is C52H46N4. The third-order valence-electron chi connectivity index (χ3n) is 10.2. The van der Waals surface area contributed by atoms with Crippen molar-refractivity contribution < 1.29 is 0 Å². The lowest BCUT2D eigenvalue weighted by Gasteiger charge is -2.17. The number of rotatable bonds is 13. The molecule has 0 radical (unpaired) electrons. The number of pyridine rings is 1. The Morgan fingerprint density at radius 3 is 2.00 bits per heavy atom. The maximum absolute atomic E-state index is 6.55. The van der Waals surface area contributed by atoms with Gasteiger partial charge in [-0.15, -0.1) is 0 Å². The second-order valence-corrected chi connectivity index (χ2v) is 13.8. The van der Waals surface area contributed by atoms with E-state index in [9.17, 15) is 0 Å². The zero-order chi connectivity index (χ0) is 38.7. The summed E-state index contributed by atoms with van der Waals surface area (Å²) in [5.41, 5.74) is 29.2. The third kappa shape index (κ3) is 8.73. The molecule has 0 saturated heterocycles. The standard InChI is InChI=1S/C52H46N4/c1-3-5-13-43(33-53)49-29-48(31-51(32-49)45-21-12-23-56-36-45)40-17-9-16-39(25-40)37(4-2)24-52(34-54)42-19-10-18-41(26-42)47-27-46(38-14-7-6-8-15-38)28-50(30-47)44-20-11-22-55-35-44/h3-10,12-19,21-33,35-36,52H,1-2,11,20,34,53-54H2/b13-5-,37-24+,43-33+. The second-order valence-electron chi connectivity index (χ2n) is 13.8. The summed E-state index contributed by atoms with van der Waals surface area (Å²) in [6, 6.07) is 45.3. The molecule has 2 heterocycles. The Kier molecular flexibility index (Phi) is 12.0. The molecule has 1 aliphatic rings. The molecule has 7 rings (SSSR count). The van der Waals surface area contributed by atoms with Gasteiger partial charge in [-0.1, -0.05) is 122 Å². The first kappa shape index (κ1) is 37.4. The van der Waals surface area contributed by atoms with Crippen LogP contribution in [0.4, 0.5) is 0 Å². The summed E-state index contributed by atoms with van der Waals surface area (Å²) < 4.78 is 0. The maximum atomic E-state index is 6.55. The van der Waals surface area contributed by atoms with Crippen molar-refractivity contribution in [1.29, 1.82) is 0 Å². The lowest BCUT2D eigenvalue weighted by atomic mass is 9.88. The van der Waals surface area contributed by atoms with Crippen LogP contribution in [-0.4, -0.2) is 17.7 Å². The number of hydrogen-bond acceptors (Lipinski definition) is 4. The van der Waals surface area contributed by atoms with Gasteiger partial charge in [0.1, 0.15) is 0 Å². The molecule has 0 amide bonds. The highest BCUT2D eigenvalue weighted by atomic mass is 14.7. The molecular weight excluding hydrogens is 681 g/mol. The highest BCUT2D eigenvalue weighted by molar-refractivity contribution is 5.85. The van der Waals surface area contributed by atoms with Gasteiger partial charge in [0.05, 0.1) is 0 Å². The fourth-order valence-corrected chi connectivity index (χ4v) is 7.20. The Balaban J connectivity index is 1.25.